The Morgan fingerprint density at radius 2 is 2.16 bits per heavy atom. The summed E-state index contributed by atoms with van der Waals surface area (Å²) in [5.41, 5.74) is 0.962. The van der Waals surface area contributed by atoms with Gasteiger partial charge in [-0.3, -0.25) is 4.90 Å². The fraction of sp³-hybridized carbons (Fsp3) is 0.316. The number of urea groups is 1. The SMILES string of the molecule is CCOc1cccc2c1O[C@]1(C)C[C@H]2NC(=O)N1c1cccc(Br)c1. The Hall–Kier alpha value is -2.21. The van der Waals surface area contributed by atoms with E-state index in [1.54, 1.807) is 4.90 Å². The maximum absolute atomic E-state index is 12.8. The van der Waals surface area contributed by atoms with Gasteiger partial charge in [0.2, 0.25) is 0 Å². The Morgan fingerprint density at radius 3 is 2.92 bits per heavy atom. The third-order valence-corrected chi connectivity index (χ3v) is 5.12. The normalized spacial score (nSPS) is 24.2. The molecule has 25 heavy (non-hydrogen) atoms. The van der Waals surface area contributed by atoms with Crippen molar-refractivity contribution in [3.63, 3.8) is 0 Å². The van der Waals surface area contributed by atoms with E-state index in [0.29, 0.717) is 24.5 Å². The maximum atomic E-state index is 12.8. The van der Waals surface area contributed by atoms with Crippen LogP contribution in [-0.2, 0) is 0 Å². The van der Waals surface area contributed by atoms with E-state index in [9.17, 15) is 4.79 Å². The smallest absolute Gasteiger partial charge is 0.325 e. The number of ether oxygens (including phenoxy) is 2. The van der Waals surface area contributed by atoms with Gasteiger partial charge in [-0.2, -0.15) is 0 Å². The minimum Gasteiger partial charge on any atom is -0.490 e. The van der Waals surface area contributed by atoms with Crippen LogP contribution in [0.1, 0.15) is 31.9 Å². The van der Waals surface area contributed by atoms with E-state index < -0.39 is 5.72 Å². The van der Waals surface area contributed by atoms with Crippen molar-refractivity contribution in [1.29, 1.82) is 0 Å². The average Bonchev–Trinajstić information content (AvgIpc) is 2.55. The molecule has 6 heteroatoms. The van der Waals surface area contributed by atoms with Crippen molar-refractivity contribution < 1.29 is 14.3 Å². The molecule has 1 fully saturated rings. The third-order valence-electron chi connectivity index (χ3n) is 4.63. The number of hydrogen-bond acceptors (Lipinski definition) is 3. The number of carbonyl (C=O) groups is 1. The molecule has 2 aromatic carbocycles. The van der Waals surface area contributed by atoms with Gasteiger partial charge in [-0.05, 0) is 38.1 Å². The van der Waals surface area contributed by atoms with Gasteiger partial charge in [0.1, 0.15) is 0 Å². The summed E-state index contributed by atoms with van der Waals surface area (Å²) >= 11 is 3.47. The molecular formula is C19H19BrN2O3. The van der Waals surface area contributed by atoms with Crippen LogP contribution in [-0.4, -0.2) is 18.4 Å². The molecule has 2 aromatic rings. The van der Waals surface area contributed by atoms with Gasteiger partial charge in [0, 0.05) is 16.5 Å². The van der Waals surface area contributed by atoms with Gasteiger partial charge >= 0.3 is 6.03 Å². The summed E-state index contributed by atoms with van der Waals surface area (Å²) in [6.45, 7) is 4.45. The van der Waals surface area contributed by atoms with Crippen LogP contribution >= 0.6 is 15.9 Å². The number of fused-ring (bicyclic) bond motifs is 4. The zero-order valence-corrected chi connectivity index (χ0v) is 15.7. The summed E-state index contributed by atoms with van der Waals surface area (Å²) in [6, 6.07) is 13.2. The van der Waals surface area contributed by atoms with Crippen LogP contribution in [0, 0.1) is 0 Å². The van der Waals surface area contributed by atoms with Crippen LogP contribution in [0.2, 0.25) is 0 Å². The summed E-state index contributed by atoms with van der Waals surface area (Å²) in [5, 5.41) is 3.10. The van der Waals surface area contributed by atoms with Gasteiger partial charge in [0.05, 0.1) is 18.3 Å². The summed E-state index contributed by atoms with van der Waals surface area (Å²) in [6.07, 6.45) is 0.661. The third kappa shape index (κ3) is 2.65. The van der Waals surface area contributed by atoms with Crippen LogP contribution in [0.3, 0.4) is 0 Å². The first-order chi connectivity index (χ1) is 12.0. The van der Waals surface area contributed by atoms with Crippen molar-refractivity contribution >= 4 is 27.6 Å². The Labute approximate surface area is 155 Å². The lowest BCUT2D eigenvalue weighted by Crippen LogP contribution is -2.65. The Morgan fingerprint density at radius 1 is 1.36 bits per heavy atom. The number of hydrogen-bond donors (Lipinski definition) is 1. The van der Waals surface area contributed by atoms with Gasteiger partial charge in [0.15, 0.2) is 17.2 Å². The molecule has 2 atom stereocenters. The zero-order chi connectivity index (χ0) is 17.6. The van der Waals surface area contributed by atoms with E-state index in [0.717, 1.165) is 15.7 Å². The highest BCUT2D eigenvalue weighted by Gasteiger charge is 2.50. The predicted molar refractivity (Wildman–Crippen MR) is 99.2 cm³/mol. The Balaban J connectivity index is 1.81. The number of halogens is 1. The molecule has 130 valence electrons. The largest absolute Gasteiger partial charge is 0.490 e. The highest BCUT2D eigenvalue weighted by molar-refractivity contribution is 9.10. The Bertz CT molecular complexity index is 841. The lowest BCUT2D eigenvalue weighted by Gasteiger charge is -2.50. The first-order valence-electron chi connectivity index (χ1n) is 8.33. The lowest BCUT2D eigenvalue weighted by atomic mass is 9.90. The standard InChI is InChI=1S/C19H19BrN2O3/c1-3-24-16-9-5-8-14-15-11-19(2,25-17(14)16)22(18(23)21-15)13-7-4-6-12(20)10-13/h4-10,15H,3,11H2,1-2H3,(H,21,23)/t15-,19-/m1/s1. The van der Waals surface area contributed by atoms with Crippen molar-refractivity contribution in [2.75, 3.05) is 11.5 Å². The second-order valence-corrected chi connectivity index (χ2v) is 7.32. The lowest BCUT2D eigenvalue weighted by molar-refractivity contribution is 0.0343. The van der Waals surface area contributed by atoms with E-state index in [1.165, 1.54) is 0 Å². The van der Waals surface area contributed by atoms with Crippen LogP contribution in [0.4, 0.5) is 10.5 Å². The minimum absolute atomic E-state index is 0.0925. The highest BCUT2D eigenvalue weighted by atomic mass is 79.9. The van der Waals surface area contributed by atoms with E-state index >= 15 is 0 Å². The predicted octanol–water partition coefficient (Wildman–Crippen LogP) is 4.62. The fourth-order valence-corrected chi connectivity index (χ4v) is 4.02. The molecule has 5 nitrogen and oxygen atoms in total. The number of nitrogens with zero attached hydrogens (tertiary/aromatic N) is 1. The molecule has 2 bridgehead atoms. The average molecular weight is 403 g/mol. The van der Waals surface area contributed by atoms with Crippen LogP contribution in [0.5, 0.6) is 11.5 Å². The summed E-state index contributed by atoms with van der Waals surface area (Å²) in [4.78, 5) is 14.5. The molecule has 1 saturated heterocycles. The second-order valence-electron chi connectivity index (χ2n) is 6.41. The van der Waals surface area contributed by atoms with Gasteiger partial charge in [-0.1, -0.05) is 34.1 Å². The van der Waals surface area contributed by atoms with E-state index in [1.807, 2.05) is 56.3 Å². The van der Waals surface area contributed by atoms with Gasteiger partial charge in [-0.25, -0.2) is 4.79 Å². The summed E-state index contributed by atoms with van der Waals surface area (Å²) in [5.74, 6) is 1.42. The molecule has 0 unspecified atom stereocenters. The topological polar surface area (TPSA) is 50.8 Å². The molecular weight excluding hydrogens is 384 g/mol. The van der Waals surface area contributed by atoms with Gasteiger partial charge in [0.25, 0.3) is 0 Å². The fourth-order valence-electron chi connectivity index (χ4n) is 3.64. The molecule has 1 N–H and O–H groups in total. The van der Waals surface area contributed by atoms with E-state index in [2.05, 4.69) is 21.2 Å². The second kappa shape index (κ2) is 5.95. The molecule has 0 aromatic heterocycles. The number of amides is 2. The van der Waals surface area contributed by atoms with Gasteiger partial charge in [-0.15, -0.1) is 0 Å². The monoisotopic (exact) mass is 402 g/mol. The molecule has 2 heterocycles. The van der Waals surface area contributed by atoms with Crippen molar-refractivity contribution in [2.24, 2.45) is 0 Å². The van der Waals surface area contributed by atoms with Crippen molar-refractivity contribution in [1.82, 2.24) is 5.32 Å². The van der Waals surface area contributed by atoms with Crippen molar-refractivity contribution in [3.8, 4) is 11.5 Å². The summed E-state index contributed by atoms with van der Waals surface area (Å²) in [7, 11) is 0. The Kier molecular flexibility index (Phi) is 3.87. The van der Waals surface area contributed by atoms with Gasteiger partial charge < -0.3 is 14.8 Å². The van der Waals surface area contributed by atoms with Crippen LogP contribution in [0.15, 0.2) is 46.9 Å². The number of benzene rings is 2. The number of rotatable bonds is 3. The quantitative estimate of drug-likeness (QED) is 0.814. The minimum atomic E-state index is -0.784. The molecule has 0 radical (unpaired) electrons. The number of nitrogens with one attached hydrogen (secondary N) is 1. The number of carbonyl (C=O) groups excluding carboxylic acids is 1. The van der Waals surface area contributed by atoms with E-state index in [4.69, 9.17) is 9.47 Å². The number of anilines is 1. The number of para-hydroxylation sites is 1. The molecule has 2 aliphatic heterocycles. The van der Waals surface area contributed by atoms with Crippen LogP contribution < -0.4 is 19.7 Å². The molecule has 4 rings (SSSR count). The highest BCUT2D eigenvalue weighted by Crippen LogP contribution is 2.49. The molecule has 0 spiro atoms. The van der Waals surface area contributed by atoms with Crippen LogP contribution in [0.25, 0.3) is 0 Å². The molecule has 0 aliphatic carbocycles. The zero-order valence-electron chi connectivity index (χ0n) is 14.1. The van der Waals surface area contributed by atoms with Crippen molar-refractivity contribution in [3.05, 3.63) is 52.5 Å². The molecule has 2 aliphatic rings. The molecule has 0 saturated carbocycles. The first kappa shape index (κ1) is 16.3. The van der Waals surface area contributed by atoms with E-state index in [-0.39, 0.29) is 12.1 Å². The summed E-state index contributed by atoms with van der Waals surface area (Å²) < 4.78 is 13.0. The molecule has 2 amide bonds. The van der Waals surface area contributed by atoms with Crippen molar-refractivity contribution in [2.45, 2.75) is 32.0 Å². The first-order valence-corrected chi connectivity index (χ1v) is 9.12. The maximum Gasteiger partial charge on any atom is 0.325 e.